The number of amidine groups is 1. The minimum Gasteiger partial charge on any atom is -0.355 e. The van der Waals surface area contributed by atoms with Gasteiger partial charge in [-0.25, -0.2) is 0 Å². The lowest BCUT2D eigenvalue weighted by molar-refractivity contribution is 0.405. The van der Waals surface area contributed by atoms with E-state index in [9.17, 15) is 0 Å². The Morgan fingerprint density at radius 2 is 2.12 bits per heavy atom. The molecule has 1 aromatic rings. The first kappa shape index (κ1) is 12.7. The molecule has 3 nitrogen and oxygen atoms in total. The second kappa shape index (κ2) is 5.64. The fraction of sp³-hybridized carbons (Fsp3) is 0.538. The van der Waals surface area contributed by atoms with Gasteiger partial charge < -0.3 is 4.90 Å². The molecule has 16 heavy (non-hydrogen) atoms. The molecule has 1 N–H and O–H groups in total. The average molecular weight is 219 g/mol. The Morgan fingerprint density at radius 1 is 1.44 bits per heavy atom. The van der Waals surface area contributed by atoms with Gasteiger partial charge in [-0.2, -0.15) is 0 Å². The molecule has 0 radical (unpaired) electrons. The van der Waals surface area contributed by atoms with Crippen molar-refractivity contribution in [2.24, 2.45) is 5.92 Å². The smallest absolute Gasteiger partial charge is 0.0987 e. The monoisotopic (exact) mass is 219 g/mol. The van der Waals surface area contributed by atoms with Gasteiger partial charge in [-0.15, -0.1) is 0 Å². The molecule has 0 aromatic carbocycles. The molecule has 0 spiro atoms. The van der Waals surface area contributed by atoms with Crippen LogP contribution in [0.5, 0.6) is 0 Å². The highest BCUT2D eigenvalue weighted by Crippen LogP contribution is 2.07. The van der Waals surface area contributed by atoms with Crippen molar-refractivity contribution < 1.29 is 0 Å². The van der Waals surface area contributed by atoms with E-state index in [-0.39, 0.29) is 5.92 Å². The quantitative estimate of drug-likeness (QED) is 0.625. The molecule has 0 aliphatic carbocycles. The number of nitrogens with one attached hydrogen (secondary N) is 1. The third kappa shape index (κ3) is 3.33. The van der Waals surface area contributed by atoms with E-state index in [0.717, 1.165) is 24.5 Å². The van der Waals surface area contributed by atoms with Crippen LogP contribution in [0, 0.1) is 18.3 Å². The molecule has 3 heteroatoms. The van der Waals surface area contributed by atoms with E-state index in [1.54, 1.807) is 0 Å². The van der Waals surface area contributed by atoms with Gasteiger partial charge in [0.25, 0.3) is 0 Å². The molecule has 0 fully saturated rings. The number of aryl methyl sites for hydroxylation is 1. The highest BCUT2D eigenvalue weighted by atomic mass is 15.2. The number of aromatic nitrogens is 1. The summed E-state index contributed by atoms with van der Waals surface area (Å²) in [6.45, 7) is 9.76. The molecular formula is C13H21N3. The zero-order valence-corrected chi connectivity index (χ0v) is 10.6. The first-order chi connectivity index (χ1) is 7.54. The fourth-order valence-corrected chi connectivity index (χ4v) is 1.62. The third-order valence-corrected chi connectivity index (χ3v) is 2.57. The van der Waals surface area contributed by atoms with Crippen LogP contribution in [0.15, 0.2) is 18.2 Å². The summed E-state index contributed by atoms with van der Waals surface area (Å²) in [5.74, 6) is 0.954. The van der Waals surface area contributed by atoms with Crippen molar-refractivity contribution in [2.45, 2.75) is 34.2 Å². The molecule has 0 bridgehead atoms. The maximum absolute atomic E-state index is 8.00. The zero-order valence-electron chi connectivity index (χ0n) is 10.6. The number of rotatable bonds is 4. The van der Waals surface area contributed by atoms with Gasteiger partial charge in [-0.3, -0.25) is 10.4 Å². The van der Waals surface area contributed by atoms with Gasteiger partial charge in [0.2, 0.25) is 0 Å². The Labute approximate surface area is 98.0 Å². The predicted octanol–water partition coefficient (Wildman–Crippen LogP) is 2.85. The standard InChI is InChI=1S/C13H21N3/c1-5-16(13(14)10(2)3)9-12-8-6-7-11(4)15-12/h6-8,10,14H,5,9H2,1-4H3. The summed E-state index contributed by atoms with van der Waals surface area (Å²) >= 11 is 0. The van der Waals surface area contributed by atoms with Gasteiger partial charge >= 0.3 is 0 Å². The molecule has 0 aliphatic heterocycles. The second-order valence-electron chi connectivity index (χ2n) is 4.32. The van der Waals surface area contributed by atoms with Crippen LogP contribution < -0.4 is 0 Å². The topological polar surface area (TPSA) is 40.0 Å². The van der Waals surface area contributed by atoms with Crippen LogP contribution in [-0.4, -0.2) is 22.3 Å². The second-order valence-corrected chi connectivity index (χ2v) is 4.32. The van der Waals surface area contributed by atoms with Crippen LogP contribution in [-0.2, 0) is 6.54 Å². The number of hydrogen-bond donors (Lipinski definition) is 1. The van der Waals surface area contributed by atoms with Crippen LogP contribution in [0.25, 0.3) is 0 Å². The Hall–Kier alpha value is -1.38. The van der Waals surface area contributed by atoms with Crippen molar-refractivity contribution >= 4 is 5.84 Å². The van der Waals surface area contributed by atoms with E-state index >= 15 is 0 Å². The number of pyridine rings is 1. The maximum Gasteiger partial charge on any atom is 0.0987 e. The van der Waals surface area contributed by atoms with Gasteiger partial charge in [-0.1, -0.05) is 19.9 Å². The van der Waals surface area contributed by atoms with Gasteiger partial charge in [-0.05, 0) is 26.0 Å². The van der Waals surface area contributed by atoms with Crippen LogP contribution in [0.1, 0.15) is 32.2 Å². The van der Waals surface area contributed by atoms with Crippen molar-refractivity contribution in [3.05, 3.63) is 29.6 Å². The SMILES string of the molecule is CCN(Cc1cccc(C)n1)C(=N)C(C)C. The van der Waals surface area contributed by atoms with Gasteiger partial charge in [0, 0.05) is 18.2 Å². The zero-order chi connectivity index (χ0) is 12.1. The summed E-state index contributed by atoms with van der Waals surface area (Å²) < 4.78 is 0. The van der Waals surface area contributed by atoms with Gasteiger partial charge in [0.15, 0.2) is 0 Å². The highest BCUT2D eigenvalue weighted by Gasteiger charge is 2.12. The molecule has 88 valence electrons. The van der Waals surface area contributed by atoms with E-state index in [1.807, 2.05) is 25.1 Å². The molecule has 0 amide bonds. The minimum atomic E-state index is 0.268. The molecule has 0 saturated heterocycles. The van der Waals surface area contributed by atoms with Crippen LogP contribution >= 0.6 is 0 Å². The summed E-state index contributed by atoms with van der Waals surface area (Å²) in [5.41, 5.74) is 2.07. The van der Waals surface area contributed by atoms with Crippen LogP contribution in [0.2, 0.25) is 0 Å². The van der Waals surface area contributed by atoms with E-state index in [2.05, 4.69) is 30.7 Å². The summed E-state index contributed by atoms with van der Waals surface area (Å²) in [6, 6.07) is 6.03. The van der Waals surface area contributed by atoms with E-state index in [4.69, 9.17) is 5.41 Å². The highest BCUT2D eigenvalue weighted by molar-refractivity contribution is 5.80. The predicted molar refractivity (Wildman–Crippen MR) is 67.6 cm³/mol. The van der Waals surface area contributed by atoms with Crippen molar-refractivity contribution in [3.8, 4) is 0 Å². The van der Waals surface area contributed by atoms with Gasteiger partial charge in [0.05, 0.1) is 18.1 Å². The Balaban J connectivity index is 2.74. The maximum atomic E-state index is 8.00. The lowest BCUT2D eigenvalue weighted by atomic mass is 10.1. The van der Waals surface area contributed by atoms with E-state index < -0.39 is 0 Å². The average Bonchev–Trinajstić information content (AvgIpc) is 2.25. The van der Waals surface area contributed by atoms with E-state index in [1.165, 1.54) is 0 Å². The molecule has 0 unspecified atom stereocenters. The molecule has 1 heterocycles. The normalized spacial score (nSPS) is 10.6. The number of hydrogen-bond acceptors (Lipinski definition) is 2. The summed E-state index contributed by atoms with van der Waals surface area (Å²) in [5, 5.41) is 8.00. The van der Waals surface area contributed by atoms with Gasteiger partial charge in [0.1, 0.15) is 0 Å². The number of nitrogens with zero attached hydrogens (tertiary/aromatic N) is 2. The molecular weight excluding hydrogens is 198 g/mol. The van der Waals surface area contributed by atoms with Crippen molar-refractivity contribution in [1.29, 1.82) is 5.41 Å². The lowest BCUT2D eigenvalue weighted by Gasteiger charge is -2.25. The summed E-state index contributed by atoms with van der Waals surface area (Å²) in [6.07, 6.45) is 0. The minimum absolute atomic E-state index is 0.268. The third-order valence-electron chi connectivity index (χ3n) is 2.57. The van der Waals surface area contributed by atoms with Crippen molar-refractivity contribution in [2.75, 3.05) is 6.54 Å². The Morgan fingerprint density at radius 3 is 2.62 bits per heavy atom. The van der Waals surface area contributed by atoms with Crippen molar-refractivity contribution in [1.82, 2.24) is 9.88 Å². The lowest BCUT2D eigenvalue weighted by Crippen LogP contribution is -2.33. The molecule has 1 aromatic heterocycles. The molecule has 0 aliphatic rings. The Bertz CT molecular complexity index is 358. The summed E-state index contributed by atoms with van der Waals surface area (Å²) in [7, 11) is 0. The van der Waals surface area contributed by atoms with Crippen molar-refractivity contribution in [3.63, 3.8) is 0 Å². The first-order valence-electron chi connectivity index (χ1n) is 5.80. The van der Waals surface area contributed by atoms with Crippen LogP contribution in [0.3, 0.4) is 0 Å². The van der Waals surface area contributed by atoms with E-state index in [0.29, 0.717) is 5.84 Å². The Kier molecular flexibility index (Phi) is 4.47. The molecule has 0 saturated carbocycles. The largest absolute Gasteiger partial charge is 0.355 e. The summed E-state index contributed by atoms with van der Waals surface area (Å²) in [4.78, 5) is 6.53. The molecule has 1 rings (SSSR count). The fourth-order valence-electron chi connectivity index (χ4n) is 1.62. The van der Waals surface area contributed by atoms with Crippen LogP contribution in [0.4, 0.5) is 0 Å². The first-order valence-corrected chi connectivity index (χ1v) is 5.80. The molecule has 0 atom stereocenters.